The van der Waals surface area contributed by atoms with Crippen molar-refractivity contribution >= 4 is 40.8 Å². The summed E-state index contributed by atoms with van der Waals surface area (Å²) in [6.45, 7) is 1.43. The Bertz CT molecular complexity index is 812. The van der Waals surface area contributed by atoms with Crippen molar-refractivity contribution in [1.29, 1.82) is 0 Å². The first kappa shape index (κ1) is 15.0. The average molecular weight is 332 g/mol. The van der Waals surface area contributed by atoms with E-state index in [1.165, 1.54) is 17.8 Å². The van der Waals surface area contributed by atoms with Crippen molar-refractivity contribution in [3.8, 4) is 0 Å². The van der Waals surface area contributed by atoms with E-state index in [2.05, 4.69) is 25.9 Å². The Morgan fingerprint density at radius 1 is 1.22 bits per heavy atom. The lowest BCUT2D eigenvalue weighted by molar-refractivity contribution is -0.114. The zero-order chi connectivity index (χ0) is 16.2. The second-order valence-corrected chi connectivity index (χ2v) is 5.45. The summed E-state index contributed by atoms with van der Waals surface area (Å²) in [5.41, 5.74) is 1.30. The predicted octanol–water partition coefficient (Wildman–Crippen LogP) is 1.41. The lowest BCUT2D eigenvalue weighted by Crippen LogP contribution is -2.14. The van der Waals surface area contributed by atoms with Gasteiger partial charge in [-0.2, -0.15) is 4.52 Å². The summed E-state index contributed by atoms with van der Waals surface area (Å²) in [6, 6.07) is 6.83. The zero-order valence-corrected chi connectivity index (χ0v) is 12.8. The van der Waals surface area contributed by atoms with Crippen molar-refractivity contribution in [2.24, 2.45) is 0 Å². The van der Waals surface area contributed by atoms with Gasteiger partial charge < -0.3 is 15.1 Å². The van der Waals surface area contributed by atoms with Gasteiger partial charge in [0.25, 0.3) is 5.22 Å². The van der Waals surface area contributed by atoms with Crippen molar-refractivity contribution < 1.29 is 14.0 Å². The number of anilines is 2. The number of aromatic nitrogens is 4. The van der Waals surface area contributed by atoms with Crippen LogP contribution in [-0.4, -0.2) is 37.4 Å². The van der Waals surface area contributed by atoms with Crippen LogP contribution in [0.5, 0.6) is 0 Å². The standard InChI is InChI=1S/C13H12N6O3S/c1-8(20)15-9-2-4-10(5-3-9)16-11(21)6-23-13-18-19-7-14-17-12(19)22-13/h2-5,7H,6H2,1H3,(H,15,20)(H,16,21). The molecule has 0 radical (unpaired) electrons. The molecule has 10 heteroatoms. The number of carbonyl (C=O) groups is 2. The van der Waals surface area contributed by atoms with Gasteiger partial charge in [0, 0.05) is 18.3 Å². The highest BCUT2D eigenvalue weighted by Crippen LogP contribution is 2.18. The maximum atomic E-state index is 11.9. The minimum atomic E-state index is -0.198. The molecule has 23 heavy (non-hydrogen) atoms. The molecule has 9 nitrogen and oxygen atoms in total. The van der Waals surface area contributed by atoms with Crippen molar-refractivity contribution in [3.05, 3.63) is 30.6 Å². The number of carbonyl (C=O) groups excluding carboxylic acids is 2. The lowest BCUT2D eigenvalue weighted by Gasteiger charge is -2.06. The van der Waals surface area contributed by atoms with Gasteiger partial charge in [-0.3, -0.25) is 9.59 Å². The molecule has 0 aliphatic rings. The molecule has 118 valence electrons. The van der Waals surface area contributed by atoms with Crippen molar-refractivity contribution in [3.63, 3.8) is 0 Å². The molecule has 2 N–H and O–H groups in total. The van der Waals surface area contributed by atoms with Crippen LogP contribution in [0.1, 0.15) is 6.92 Å². The summed E-state index contributed by atoms with van der Waals surface area (Å²) in [5.74, 6) is 0.0771. The number of hydrogen-bond acceptors (Lipinski definition) is 7. The van der Waals surface area contributed by atoms with Crippen LogP contribution >= 0.6 is 11.8 Å². The molecule has 3 rings (SSSR count). The average Bonchev–Trinajstić information content (AvgIpc) is 3.08. The quantitative estimate of drug-likeness (QED) is 0.679. The molecule has 0 aliphatic carbocycles. The first-order valence-electron chi connectivity index (χ1n) is 6.57. The summed E-state index contributed by atoms with van der Waals surface area (Å²) in [5, 5.41) is 17.1. The molecule has 0 aliphatic heterocycles. The van der Waals surface area contributed by atoms with Crippen LogP contribution in [0.15, 0.2) is 40.2 Å². The smallest absolute Gasteiger partial charge is 0.345 e. The number of amides is 2. The third kappa shape index (κ3) is 3.86. The highest BCUT2D eigenvalue weighted by atomic mass is 32.2. The minimum absolute atomic E-state index is 0.143. The van der Waals surface area contributed by atoms with Gasteiger partial charge in [0.15, 0.2) is 0 Å². The molecule has 0 saturated heterocycles. The number of hydrogen-bond donors (Lipinski definition) is 2. The van der Waals surface area contributed by atoms with E-state index < -0.39 is 0 Å². The van der Waals surface area contributed by atoms with Crippen LogP contribution in [0.25, 0.3) is 5.84 Å². The summed E-state index contributed by atoms with van der Waals surface area (Å²) in [4.78, 5) is 22.8. The topological polar surface area (TPSA) is 114 Å². The van der Waals surface area contributed by atoms with Crippen molar-refractivity contribution in [1.82, 2.24) is 19.8 Å². The molecule has 2 amide bonds. The Morgan fingerprint density at radius 2 is 1.91 bits per heavy atom. The zero-order valence-electron chi connectivity index (χ0n) is 12.0. The summed E-state index contributed by atoms with van der Waals surface area (Å²) in [7, 11) is 0. The van der Waals surface area contributed by atoms with Crippen LogP contribution in [-0.2, 0) is 9.59 Å². The number of thioether (sulfide) groups is 1. The molecule has 0 spiro atoms. The van der Waals surface area contributed by atoms with Gasteiger partial charge in [-0.15, -0.1) is 10.2 Å². The first-order chi connectivity index (χ1) is 11.1. The van der Waals surface area contributed by atoms with Crippen LogP contribution in [0.4, 0.5) is 11.4 Å². The van der Waals surface area contributed by atoms with E-state index in [9.17, 15) is 9.59 Å². The van der Waals surface area contributed by atoms with E-state index >= 15 is 0 Å². The van der Waals surface area contributed by atoms with Crippen LogP contribution < -0.4 is 10.6 Å². The third-order valence-corrected chi connectivity index (χ3v) is 3.50. The van der Waals surface area contributed by atoms with Crippen molar-refractivity contribution in [2.75, 3.05) is 16.4 Å². The Labute approximate surface area is 134 Å². The Morgan fingerprint density at radius 3 is 2.57 bits per heavy atom. The second kappa shape index (κ2) is 6.48. The molecule has 0 atom stereocenters. The van der Waals surface area contributed by atoms with E-state index in [0.717, 1.165) is 11.8 Å². The molecular weight excluding hydrogens is 320 g/mol. The molecule has 2 aromatic heterocycles. The number of benzene rings is 1. The largest absolute Gasteiger partial charge is 0.396 e. The van der Waals surface area contributed by atoms with Gasteiger partial charge in [0.2, 0.25) is 11.8 Å². The summed E-state index contributed by atoms with van der Waals surface area (Å²) in [6.07, 6.45) is 1.42. The van der Waals surface area contributed by atoms with Crippen molar-refractivity contribution in [2.45, 2.75) is 12.1 Å². The van der Waals surface area contributed by atoms with Crippen LogP contribution in [0, 0.1) is 0 Å². The van der Waals surface area contributed by atoms with Crippen LogP contribution in [0.2, 0.25) is 0 Å². The minimum Gasteiger partial charge on any atom is -0.396 e. The van der Waals surface area contributed by atoms with E-state index in [-0.39, 0.29) is 23.4 Å². The van der Waals surface area contributed by atoms with Crippen LogP contribution in [0.3, 0.4) is 0 Å². The second-order valence-electron chi connectivity index (χ2n) is 4.52. The summed E-state index contributed by atoms with van der Waals surface area (Å²) >= 11 is 1.15. The van der Waals surface area contributed by atoms with E-state index in [0.29, 0.717) is 16.6 Å². The predicted molar refractivity (Wildman–Crippen MR) is 83.1 cm³/mol. The third-order valence-electron chi connectivity index (χ3n) is 2.68. The fourth-order valence-electron chi connectivity index (χ4n) is 1.76. The molecule has 0 saturated carbocycles. The van der Waals surface area contributed by atoms with Gasteiger partial charge in [-0.1, -0.05) is 16.9 Å². The molecule has 2 heterocycles. The highest BCUT2D eigenvalue weighted by Gasteiger charge is 2.10. The van der Waals surface area contributed by atoms with Gasteiger partial charge in [-0.25, -0.2) is 0 Å². The number of fused-ring (bicyclic) bond motifs is 1. The molecule has 0 fully saturated rings. The number of nitrogens with one attached hydrogen (secondary N) is 2. The van der Waals surface area contributed by atoms with Gasteiger partial charge in [0.1, 0.15) is 6.33 Å². The monoisotopic (exact) mass is 332 g/mol. The molecule has 0 unspecified atom stereocenters. The van der Waals surface area contributed by atoms with Gasteiger partial charge in [-0.05, 0) is 24.3 Å². The molecule has 3 aromatic rings. The normalized spacial score (nSPS) is 10.7. The molecule has 0 bridgehead atoms. The number of rotatable bonds is 5. The Hall–Kier alpha value is -2.88. The number of nitrogens with zero attached hydrogens (tertiary/aromatic N) is 4. The highest BCUT2D eigenvalue weighted by molar-refractivity contribution is 7.99. The Kier molecular flexibility index (Phi) is 4.24. The summed E-state index contributed by atoms with van der Waals surface area (Å²) < 4.78 is 6.67. The maximum absolute atomic E-state index is 11.9. The fourth-order valence-corrected chi connectivity index (χ4v) is 2.37. The first-order valence-corrected chi connectivity index (χ1v) is 7.56. The SMILES string of the molecule is CC(=O)Nc1ccc(NC(=O)CSc2nn3cnnc3o2)cc1. The van der Waals surface area contributed by atoms with Gasteiger partial charge >= 0.3 is 5.84 Å². The molecule has 1 aromatic carbocycles. The van der Waals surface area contributed by atoms with E-state index in [4.69, 9.17) is 4.42 Å². The molecular formula is C13H12N6O3S. The van der Waals surface area contributed by atoms with Gasteiger partial charge in [0.05, 0.1) is 5.75 Å². The lowest BCUT2D eigenvalue weighted by atomic mass is 10.3. The van der Waals surface area contributed by atoms with E-state index in [1.807, 2.05) is 0 Å². The maximum Gasteiger partial charge on any atom is 0.345 e. The van der Waals surface area contributed by atoms with E-state index in [1.54, 1.807) is 24.3 Å². The Balaban J connectivity index is 1.52. The fraction of sp³-hybridized carbons (Fsp3) is 0.154.